The van der Waals surface area contributed by atoms with Gasteiger partial charge in [0, 0.05) is 16.0 Å². The fraction of sp³-hybridized carbons (Fsp3) is 0.0769. The van der Waals surface area contributed by atoms with Gasteiger partial charge in [0.1, 0.15) is 4.90 Å². The van der Waals surface area contributed by atoms with Crippen LogP contribution in [-0.2, 0) is 16.6 Å². The van der Waals surface area contributed by atoms with E-state index in [0.29, 0.717) is 10.6 Å². The molecule has 0 fully saturated rings. The van der Waals surface area contributed by atoms with E-state index in [1.165, 1.54) is 6.07 Å². The Balaban J connectivity index is 2.22. The molecule has 2 rings (SSSR count). The number of hydrogen-bond acceptors (Lipinski definition) is 3. The second-order valence-electron chi connectivity index (χ2n) is 4.10. The van der Waals surface area contributed by atoms with Crippen LogP contribution in [0, 0.1) is 0 Å². The fourth-order valence-corrected chi connectivity index (χ4v) is 3.36. The molecule has 3 N–H and O–H groups in total. The first kappa shape index (κ1) is 15.3. The maximum absolute atomic E-state index is 12.2. The van der Waals surface area contributed by atoms with Crippen molar-refractivity contribution in [3.05, 3.63) is 57.5 Å². The molecule has 7 heteroatoms. The highest BCUT2D eigenvalue weighted by atomic mass is 79.9. The predicted molar refractivity (Wildman–Crippen MR) is 84.0 cm³/mol. The van der Waals surface area contributed by atoms with Gasteiger partial charge in [0.15, 0.2) is 0 Å². The Hall–Kier alpha value is -1.08. The van der Waals surface area contributed by atoms with E-state index in [1.54, 1.807) is 36.4 Å². The van der Waals surface area contributed by atoms with E-state index >= 15 is 0 Å². The van der Waals surface area contributed by atoms with Crippen LogP contribution < -0.4 is 10.5 Å². The van der Waals surface area contributed by atoms with E-state index in [1.807, 2.05) is 0 Å². The smallest absolute Gasteiger partial charge is 0.242 e. The van der Waals surface area contributed by atoms with Crippen molar-refractivity contribution in [3.63, 3.8) is 0 Å². The highest BCUT2D eigenvalue weighted by Crippen LogP contribution is 2.23. The van der Waals surface area contributed by atoms with Crippen LogP contribution >= 0.6 is 27.5 Å². The van der Waals surface area contributed by atoms with E-state index in [-0.39, 0.29) is 17.1 Å². The van der Waals surface area contributed by atoms with Gasteiger partial charge in [0.05, 0.1) is 5.69 Å². The lowest BCUT2D eigenvalue weighted by molar-refractivity contribution is 0.582. The molecule has 20 heavy (non-hydrogen) atoms. The van der Waals surface area contributed by atoms with Crippen LogP contribution in [0.5, 0.6) is 0 Å². The van der Waals surface area contributed by atoms with Crippen molar-refractivity contribution in [3.8, 4) is 0 Å². The molecule has 0 bridgehead atoms. The van der Waals surface area contributed by atoms with Crippen LogP contribution in [-0.4, -0.2) is 8.42 Å². The van der Waals surface area contributed by atoms with Gasteiger partial charge in [-0.15, -0.1) is 0 Å². The van der Waals surface area contributed by atoms with Crippen molar-refractivity contribution >= 4 is 43.2 Å². The lowest BCUT2D eigenvalue weighted by Gasteiger charge is -2.10. The van der Waals surface area contributed by atoms with Gasteiger partial charge in [-0.2, -0.15) is 0 Å². The molecule has 0 spiro atoms. The minimum Gasteiger partial charge on any atom is -0.398 e. The largest absolute Gasteiger partial charge is 0.398 e. The second-order valence-corrected chi connectivity index (χ2v) is 7.16. The average Bonchev–Trinajstić information content (AvgIpc) is 2.37. The first-order chi connectivity index (χ1) is 9.40. The Morgan fingerprint density at radius 3 is 2.55 bits per heavy atom. The molecule has 0 aliphatic rings. The van der Waals surface area contributed by atoms with Crippen LogP contribution in [0.4, 0.5) is 5.69 Å². The predicted octanol–water partition coefficient (Wildman–Crippen LogP) is 3.16. The molecule has 0 heterocycles. The van der Waals surface area contributed by atoms with Gasteiger partial charge in [-0.25, -0.2) is 13.1 Å². The van der Waals surface area contributed by atoms with Gasteiger partial charge >= 0.3 is 0 Å². The van der Waals surface area contributed by atoms with Crippen LogP contribution in [0.15, 0.2) is 51.8 Å². The summed E-state index contributed by atoms with van der Waals surface area (Å²) < 4.78 is 27.6. The Kier molecular flexibility index (Phi) is 4.70. The topological polar surface area (TPSA) is 72.2 Å². The van der Waals surface area contributed by atoms with Crippen molar-refractivity contribution in [1.82, 2.24) is 4.72 Å². The van der Waals surface area contributed by atoms with Gasteiger partial charge in [-0.3, -0.25) is 0 Å². The molecule has 0 saturated heterocycles. The SMILES string of the molecule is Nc1cc(Br)ccc1S(=O)(=O)NCc1ccccc1Cl. The Bertz CT molecular complexity index is 735. The number of benzene rings is 2. The summed E-state index contributed by atoms with van der Waals surface area (Å²) in [6, 6.07) is 11.7. The van der Waals surface area contributed by atoms with Gasteiger partial charge in [0.25, 0.3) is 0 Å². The number of anilines is 1. The molecule has 4 nitrogen and oxygen atoms in total. The monoisotopic (exact) mass is 374 g/mol. The minimum absolute atomic E-state index is 0.0488. The van der Waals surface area contributed by atoms with Gasteiger partial charge in [0.2, 0.25) is 10.0 Å². The molecular weight excluding hydrogens is 364 g/mol. The summed E-state index contributed by atoms with van der Waals surface area (Å²) in [6.45, 7) is 0.109. The van der Waals surface area contributed by atoms with E-state index in [9.17, 15) is 8.42 Å². The number of sulfonamides is 1. The van der Waals surface area contributed by atoms with Crippen LogP contribution in [0.1, 0.15) is 5.56 Å². The normalized spacial score (nSPS) is 11.5. The molecular formula is C13H12BrClN2O2S. The number of nitrogen functional groups attached to an aromatic ring is 1. The minimum atomic E-state index is -3.68. The van der Waals surface area contributed by atoms with Crippen LogP contribution in [0.25, 0.3) is 0 Å². The van der Waals surface area contributed by atoms with E-state index in [2.05, 4.69) is 20.7 Å². The molecule has 0 aromatic heterocycles. The van der Waals surface area contributed by atoms with E-state index in [4.69, 9.17) is 17.3 Å². The first-order valence-corrected chi connectivity index (χ1v) is 8.33. The molecule has 106 valence electrons. The van der Waals surface area contributed by atoms with E-state index in [0.717, 1.165) is 4.47 Å². The fourth-order valence-electron chi connectivity index (χ4n) is 1.66. The van der Waals surface area contributed by atoms with Crippen LogP contribution in [0.3, 0.4) is 0 Å². The highest BCUT2D eigenvalue weighted by molar-refractivity contribution is 9.10. The van der Waals surface area contributed by atoms with Gasteiger partial charge < -0.3 is 5.73 Å². The Morgan fingerprint density at radius 2 is 1.90 bits per heavy atom. The number of hydrogen-bond donors (Lipinski definition) is 2. The molecule has 0 radical (unpaired) electrons. The summed E-state index contributed by atoms with van der Waals surface area (Å²) in [7, 11) is -3.68. The summed E-state index contributed by atoms with van der Waals surface area (Å²) >= 11 is 9.22. The lowest BCUT2D eigenvalue weighted by Crippen LogP contribution is -2.24. The first-order valence-electron chi connectivity index (χ1n) is 5.68. The second kappa shape index (κ2) is 6.13. The third-order valence-electron chi connectivity index (χ3n) is 2.67. The van der Waals surface area contributed by atoms with Crippen molar-refractivity contribution < 1.29 is 8.42 Å². The standard InChI is InChI=1S/C13H12BrClN2O2S/c14-10-5-6-13(12(16)7-10)20(18,19)17-8-9-3-1-2-4-11(9)15/h1-7,17H,8,16H2. The number of nitrogens with one attached hydrogen (secondary N) is 1. The number of rotatable bonds is 4. The lowest BCUT2D eigenvalue weighted by atomic mass is 10.2. The Labute approximate surface area is 131 Å². The zero-order valence-electron chi connectivity index (χ0n) is 10.3. The summed E-state index contributed by atoms with van der Waals surface area (Å²) in [6.07, 6.45) is 0. The van der Waals surface area contributed by atoms with Crippen molar-refractivity contribution in [1.29, 1.82) is 0 Å². The summed E-state index contributed by atoms with van der Waals surface area (Å²) in [4.78, 5) is 0.0488. The summed E-state index contributed by atoms with van der Waals surface area (Å²) in [5, 5.41) is 0.513. The quantitative estimate of drug-likeness (QED) is 0.806. The molecule has 0 amide bonds. The third kappa shape index (κ3) is 3.52. The molecule has 0 saturated carbocycles. The molecule has 0 unspecified atom stereocenters. The molecule has 2 aromatic carbocycles. The van der Waals surface area contributed by atoms with Gasteiger partial charge in [-0.1, -0.05) is 45.7 Å². The third-order valence-corrected chi connectivity index (χ3v) is 5.01. The summed E-state index contributed by atoms with van der Waals surface area (Å²) in [5.74, 6) is 0. The van der Waals surface area contributed by atoms with Crippen LogP contribution in [0.2, 0.25) is 5.02 Å². The zero-order chi connectivity index (χ0) is 14.8. The molecule has 2 aromatic rings. The maximum Gasteiger partial charge on any atom is 0.242 e. The summed E-state index contributed by atoms with van der Waals surface area (Å²) in [5.41, 5.74) is 6.62. The maximum atomic E-state index is 12.2. The zero-order valence-corrected chi connectivity index (χ0v) is 13.5. The number of nitrogens with two attached hydrogens (primary N) is 1. The Morgan fingerprint density at radius 1 is 1.20 bits per heavy atom. The number of halogens is 2. The molecule has 0 atom stereocenters. The average molecular weight is 376 g/mol. The molecule has 0 aliphatic heterocycles. The van der Waals surface area contributed by atoms with Crippen molar-refractivity contribution in [2.24, 2.45) is 0 Å². The molecule has 0 aliphatic carbocycles. The highest BCUT2D eigenvalue weighted by Gasteiger charge is 2.17. The van der Waals surface area contributed by atoms with Crippen molar-refractivity contribution in [2.45, 2.75) is 11.4 Å². The van der Waals surface area contributed by atoms with E-state index < -0.39 is 10.0 Å². The van der Waals surface area contributed by atoms with Gasteiger partial charge in [-0.05, 0) is 29.8 Å². The van der Waals surface area contributed by atoms with Crippen molar-refractivity contribution in [2.75, 3.05) is 5.73 Å².